The molecular formula is C33H33N7O3. The lowest BCUT2D eigenvalue weighted by Gasteiger charge is -2.34. The summed E-state index contributed by atoms with van der Waals surface area (Å²) in [5.74, 6) is 0.889. The summed E-state index contributed by atoms with van der Waals surface area (Å²) in [5, 5.41) is 2.98. The van der Waals surface area contributed by atoms with Crippen LogP contribution in [-0.2, 0) is 14.3 Å². The molecule has 43 heavy (non-hydrogen) atoms. The van der Waals surface area contributed by atoms with E-state index >= 15 is 0 Å². The molecule has 218 valence electrons. The highest BCUT2D eigenvalue weighted by Gasteiger charge is 2.40. The predicted octanol–water partition coefficient (Wildman–Crippen LogP) is 5.74. The van der Waals surface area contributed by atoms with Crippen LogP contribution >= 0.6 is 0 Å². The van der Waals surface area contributed by atoms with Gasteiger partial charge in [0.15, 0.2) is 11.5 Å². The summed E-state index contributed by atoms with van der Waals surface area (Å²) in [6.45, 7) is 3.79. The van der Waals surface area contributed by atoms with Crippen molar-refractivity contribution < 1.29 is 14.3 Å². The summed E-state index contributed by atoms with van der Waals surface area (Å²) in [4.78, 5) is 44.3. The number of amides is 1. The molecule has 0 radical (unpaired) electrons. The molecule has 1 aliphatic carbocycles. The number of benzene rings is 1. The molecule has 3 N–H and O–H groups in total. The molecule has 1 fully saturated rings. The first kappa shape index (κ1) is 28.0. The largest absolute Gasteiger partial charge is 0.469 e. The van der Waals surface area contributed by atoms with E-state index in [2.05, 4.69) is 10.3 Å². The first-order valence-electron chi connectivity index (χ1n) is 14.3. The van der Waals surface area contributed by atoms with E-state index in [0.29, 0.717) is 65.6 Å². The van der Waals surface area contributed by atoms with Crippen molar-refractivity contribution in [1.82, 2.24) is 24.5 Å². The summed E-state index contributed by atoms with van der Waals surface area (Å²) in [7, 11) is 1.41. The third kappa shape index (κ3) is 5.31. The van der Waals surface area contributed by atoms with Crippen molar-refractivity contribution in [2.45, 2.75) is 39.5 Å². The number of fused-ring (bicyclic) bond motifs is 1. The van der Waals surface area contributed by atoms with Crippen molar-refractivity contribution in [3.8, 4) is 28.3 Å². The minimum absolute atomic E-state index is 0.0994. The van der Waals surface area contributed by atoms with Gasteiger partial charge >= 0.3 is 5.97 Å². The maximum absolute atomic E-state index is 13.2. The van der Waals surface area contributed by atoms with Crippen molar-refractivity contribution in [2.24, 2.45) is 11.3 Å². The number of carbonyl (C=O) groups is 2. The number of carbonyl (C=O) groups excluding carboxylic acids is 2. The highest BCUT2D eigenvalue weighted by Crippen LogP contribution is 2.40. The third-order valence-corrected chi connectivity index (χ3v) is 8.34. The van der Waals surface area contributed by atoms with Gasteiger partial charge in [-0.15, -0.1) is 0 Å². The summed E-state index contributed by atoms with van der Waals surface area (Å²) in [6.07, 6.45) is 4.08. The van der Waals surface area contributed by atoms with Crippen LogP contribution in [0.25, 0.3) is 39.5 Å². The van der Waals surface area contributed by atoms with Crippen molar-refractivity contribution in [2.75, 3.05) is 18.2 Å². The minimum Gasteiger partial charge on any atom is -0.469 e. The SMILES string of the molecule is COC(=O)C1(C)CCC(C(=O)Nc2ccc(-n3c(-c4cccnc4N)nc4ccc(-c5ccccc5)nc43)c(C)n2)CC1. The molecule has 0 bridgehead atoms. The van der Waals surface area contributed by atoms with Crippen LogP contribution in [0.5, 0.6) is 0 Å². The molecule has 0 saturated heterocycles. The molecular weight excluding hydrogens is 542 g/mol. The van der Waals surface area contributed by atoms with Gasteiger partial charge in [-0.2, -0.15) is 0 Å². The van der Waals surface area contributed by atoms with Gasteiger partial charge in [-0.05, 0) is 75.9 Å². The number of hydrogen-bond donors (Lipinski definition) is 2. The number of anilines is 2. The Morgan fingerprint density at radius 1 is 0.977 bits per heavy atom. The maximum Gasteiger partial charge on any atom is 0.311 e. The van der Waals surface area contributed by atoms with Crippen molar-refractivity contribution >= 4 is 34.7 Å². The van der Waals surface area contributed by atoms with Gasteiger partial charge in [0.05, 0.1) is 35.2 Å². The van der Waals surface area contributed by atoms with E-state index < -0.39 is 5.41 Å². The van der Waals surface area contributed by atoms with E-state index in [1.807, 2.05) is 79.1 Å². The molecule has 1 saturated carbocycles. The zero-order chi connectivity index (χ0) is 30.1. The second-order valence-electron chi connectivity index (χ2n) is 11.2. The van der Waals surface area contributed by atoms with Crippen LogP contribution in [0.1, 0.15) is 38.3 Å². The Morgan fingerprint density at radius 3 is 2.44 bits per heavy atom. The van der Waals surface area contributed by atoms with Crippen molar-refractivity contribution in [3.63, 3.8) is 0 Å². The van der Waals surface area contributed by atoms with Crippen molar-refractivity contribution in [3.05, 3.63) is 78.6 Å². The highest BCUT2D eigenvalue weighted by atomic mass is 16.5. The van der Waals surface area contributed by atoms with Crippen LogP contribution in [0.4, 0.5) is 11.6 Å². The molecule has 4 aromatic heterocycles. The van der Waals surface area contributed by atoms with Crippen LogP contribution in [0.3, 0.4) is 0 Å². The quantitative estimate of drug-likeness (QED) is 0.244. The van der Waals surface area contributed by atoms with Gasteiger partial charge in [0.1, 0.15) is 17.2 Å². The van der Waals surface area contributed by atoms with Crippen LogP contribution in [-0.4, -0.2) is 43.5 Å². The molecule has 0 unspecified atom stereocenters. The first-order valence-corrected chi connectivity index (χ1v) is 14.3. The molecule has 1 aliphatic rings. The number of nitrogens with two attached hydrogens (primary N) is 1. The van der Waals surface area contributed by atoms with E-state index in [0.717, 1.165) is 16.9 Å². The Kier molecular flexibility index (Phi) is 7.35. The third-order valence-electron chi connectivity index (χ3n) is 8.34. The number of methoxy groups -OCH3 is 1. The Balaban J connectivity index is 1.34. The summed E-state index contributed by atoms with van der Waals surface area (Å²) >= 11 is 0. The number of nitrogen functional groups attached to an aromatic ring is 1. The van der Waals surface area contributed by atoms with Crippen LogP contribution in [0.15, 0.2) is 72.9 Å². The summed E-state index contributed by atoms with van der Waals surface area (Å²) in [5.41, 5.74) is 11.0. The molecule has 6 rings (SSSR count). The second kappa shape index (κ2) is 11.3. The lowest BCUT2D eigenvalue weighted by molar-refractivity contribution is -0.154. The van der Waals surface area contributed by atoms with E-state index in [9.17, 15) is 9.59 Å². The number of nitrogens with one attached hydrogen (secondary N) is 1. The summed E-state index contributed by atoms with van der Waals surface area (Å²) < 4.78 is 6.91. The number of ether oxygens (including phenoxy) is 1. The van der Waals surface area contributed by atoms with Crippen molar-refractivity contribution in [1.29, 1.82) is 0 Å². The zero-order valence-electron chi connectivity index (χ0n) is 24.4. The van der Waals surface area contributed by atoms with E-state index in [4.69, 9.17) is 25.4 Å². The number of hydrogen-bond acceptors (Lipinski definition) is 8. The number of aryl methyl sites for hydroxylation is 1. The van der Waals surface area contributed by atoms with E-state index in [-0.39, 0.29) is 17.8 Å². The zero-order valence-corrected chi connectivity index (χ0v) is 24.4. The fraction of sp³-hybridized carbons (Fsp3) is 0.273. The van der Waals surface area contributed by atoms with E-state index in [1.54, 1.807) is 12.3 Å². The minimum atomic E-state index is -0.542. The van der Waals surface area contributed by atoms with E-state index in [1.165, 1.54) is 7.11 Å². The fourth-order valence-electron chi connectivity index (χ4n) is 5.80. The number of esters is 1. The first-order chi connectivity index (χ1) is 20.8. The standard InChI is InChI=1S/C33H33N7O3/c1-20-26(13-14-27(36-20)39-31(41)22-15-17-33(2,18-16-22)32(42)43-3)40-29(23-10-7-19-35-28(23)34)38-25-12-11-24(37-30(25)40)21-8-5-4-6-9-21/h4-14,19,22H,15-18H2,1-3H3,(H2,34,35)(H,36,39,41). The number of aromatic nitrogens is 5. The molecule has 5 aromatic rings. The van der Waals surface area contributed by atoms with Crippen LogP contribution < -0.4 is 11.1 Å². The lowest BCUT2D eigenvalue weighted by atomic mass is 9.71. The molecule has 4 heterocycles. The number of rotatable bonds is 6. The molecule has 0 atom stereocenters. The Labute approximate surface area is 249 Å². The number of imidazole rings is 1. The van der Waals surface area contributed by atoms with Gasteiger partial charge in [-0.25, -0.2) is 19.9 Å². The predicted molar refractivity (Wildman–Crippen MR) is 165 cm³/mol. The normalized spacial score (nSPS) is 18.3. The second-order valence-corrected chi connectivity index (χ2v) is 11.2. The van der Waals surface area contributed by atoms with Crippen LogP contribution in [0.2, 0.25) is 0 Å². The molecule has 10 heteroatoms. The Bertz CT molecular complexity index is 1830. The topological polar surface area (TPSA) is 138 Å². The Morgan fingerprint density at radius 2 is 1.74 bits per heavy atom. The van der Waals surface area contributed by atoms with Gasteiger partial charge in [-0.1, -0.05) is 30.3 Å². The summed E-state index contributed by atoms with van der Waals surface area (Å²) in [6, 6.07) is 21.2. The number of pyridine rings is 3. The van der Waals surface area contributed by atoms with Gasteiger partial charge in [0.25, 0.3) is 0 Å². The fourth-order valence-corrected chi connectivity index (χ4v) is 5.80. The molecule has 1 amide bonds. The average molecular weight is 576 g/mol. The molecule has 10 nitrogen and oxygen atoms in total. The molecule has 0 spiro atoms. The maximum atomic E-state index is 13.2. The van der Waals surface area contributed by atoms with Crippen LogP contribution in [0, 0.1) is 18.3 Å². The van der Waals surface area contributed by atoms with Gasteiger partial charge in [0.2, 0.25) is 5.91 Å². The Hall–Kier alpha value is -5.12. The molecule has 1 aromatic carbocycles. The number of nitrogens with zero attached hydrogens (tertiary/aromatic N) is 5. The monoisotopic (exact) mass is 575 g/mol. The molecule has 0 aliphatic heterocycles. The van der Waals surface area contributed by atoms with Gasteiger partial charge in [-0.3, -0.25) is 14.2 Å². The highest BCUT2D eigenvalue weighted by molar-refractivity contribution is 5.92. The van der Waals surface area contributed by atoms with Gasteiger partial charge < -0.3 is 15.8 Å². The lowest BCUT2D eigenvalue weighted by Crippen LogP contribution is -2.37. The van der Waals surface area contributed by atoms with Gasteiger partial charge in [0, 0.05) is 17.7 Å². The average Bonchev–Trinajstić information content (AvgIpc) is 3.40. The smallest absolute Gasteiger partial charge is 0.311 e.